The molecule has 0 saturated heterocycles. The van der Waals surface area contributed by atoms with Crippen LogP contribution in [-0.4, -0.2) is 45.0 Å². The number of aromatic nitrogens is 3. The van der Waals surface area contributed by atoms with Gasteiger partial charge in [0, 0.05) is 43.0 Å². The van der Waals surface area contributed by atoms with Crippen molar-refractivity contribution in [2.45, 2.75) is 39.8 Å². The van der Waals surface area contributed by atoms with E-state index in [9.17, 15) is 0 Å². The van der Waals surface area contributed by atoms with Crippen molar-refractivity contribution in [3.63, 3.8) is 0 Å². The van der Waals surface area contributed by atoms with Crippen LogP contribution in [0.25, 0.3) is 10.8 Å². The number of pyridine rings is 1. The van der Waals surface area contributed by atoms with E-state index in [4.69, 9.17) is 0 Å². The van der Waals surface area contributed by atoms with E-state index in [2.05, 4.69) is 64.2 Å². The Balaban J connectivity index is 1.67. The molecule has 0 spiro atoms. The molecule has 2 N–H and O–H groups in total. The number of benzene rings is 1. The predicted octanol–water partition coefficient (Wildman–Crippen LogP) is 4.30. The van der Waals surface area contributed by atoms with Crippen LogP contribution in [0.5, 0.6) is 0 Å². The molecule has 3 aromatic rings. The Kier molecular flexibility index (Phi) is 6.19. The van der Waals surface area contributed by atoms with Crippen LogP contribution >= 0.6 is 0 Å². The molecule has 0 saturated carbocycles. The van der Waals surface area contributed by atoms with Gasteiger partial charge in [0.05, 0.1) is 0 Å². The summed E-state index contributed by atoms with van der Waals surface area (Å²) in [6.45, 7) is 10.7. The topological polar surface area (TPSA) is 66.0 Å². The molecule has 0 amide bonds. The van der Waals surface area contributed by atoms with Gasteiger partial charge in [-0.1, -0.05) is 24.3 Å². The number of anilines is 3. The van der Waals surface area contributed by atoms with Crippen molar-refractivity contribution in [3.05, 3.63) is 48.8 Å². The maximum atomic E-state index is 4.57. The van der Waals surface area contributed by atoms with E-state index in [-0.39, 0.29) is 0 Å². The monoisotopic (exact) mass is 364 g/mol. The quantitative estimate of drug-likeness (QED) is 0.621. The van der Waals surface area contributed by atoms with Crippen molar-refractivity contribution in [2.75, 3.05) is 23.7 Å². The zero-order valence-electron chi connectivity index (χ0n) is 16.5. The molecule has 6 nitrogen and oxygen atoms in total. The average molecular weight is 364 g/mol. The van der Waals surface area contributed by atoms with Crippen molar-refractivity contribution >= 4 is 28.4 Å². The Morgan fingerprint density at radius 2 is 1.67 bits per heavy atom. The molecule has 0 radical (unpaired) electrons. The number of fused-ring (bicyclic) bond motifs is 1. The molecule has 0 fully saturated rings. The minimum absolute atomic E-state index is 0.520. The second-order valence-corrected chi connectivity index (χ2v) is 7.12. The minimum Gasteiger partial charge on any atom is -0.369 e. The van der Waals surface area contributed by atoms with Gasteiger partial charge in [-0.05, 0) is 45.2 Å². The summed E-state index contributed by atoms with van der Waals surface area (Å²) in [5, 5.41) is 8.81. The van der Waals surface area contributed by atoms with E-state index in [1.165, 1.54) is 0 Å². The van der Waals surface area contributed by atoms with Gasteiger partial charge in [0.2, 0.25) is 5.95 Å². The molecule has 0 aliphatic rings. The summed E-state index contributed by atoms with van der Waals surface area (Å²) in [6, 6.07) is 13.0. The standard InChI is InChI=1S/C21H28N6/c1-15(2)27(16(3)4)14-13-22-19-10-12-24-21(25-19)26-20-18-8-6-5-7-17(18)9-11-23-20/h5-12,15-16H,13-14H2,1-4H3,(H2,22,23,24,25,26). The fourth-order valence-electron chi connectivity index (χ4n) is 3.27. The number of nitrogens with zero attached hydrogens (tertiary/aromatic N) is 4. The largest absolute Gasteiger partial charge is 0.369 e. The fourth-order valence-corrected chi connectivity index (χ4v) is 3.27. The fraction of sp³-hybridized carbons (Fsp3) is 0.381. The second kappa shape index (κ2) is 8.77. The summed E-state index contributed by atoms with van der Waals surface area (Å²) in [4.78, 5) is 15.8. The molecule has 6 heteroatoms. The van der Waals surface area contributed by atoms with E-state index >= 15 is 0 Å². The third-order valence-electron chi connectivity index (χ3n) is 4.56. The van der Waals surface area contributed by atoms with Gasteiger partial charge in [0.25, 0.3) is 0 Å². The first-order valence-electron chi connectivity index (χ1n) is 9.48. The Bertz CT molecular complexity index is 864. The molecule has 2 heterocycles. The van der Waals surface area contributed by atoms with Crippen molar-refractivity contribution in [1.29, 1.82) is 0 Å². The minimum atomic E-state index is 0.520. The Morgan fingerprint density at radius 3 is 2.44 bits per heavy atom. The van der Waals surface area contributed by atoms with Crippen LogP contribution in [0.3, 0.4) is 0 Å². The van der Waals surface area contributed by atoms with Gasteiger partial charge in [-0.25, -0.2) is 9.97 Å². The Labute approximate surface area is 161 Å². The second-order valence-electron chi connectivity index (χ2n) is 7.12. The van der Waals surface area contributed by atoms with Crippen LogP contribution in [0.4, 0.5) is 17.6 Å². The van der Waals surface area contributed by atoms with Gasteiger partial charge in [-0.2, -0.15) is 4.98 Å². The van der Waals surface area contributed by atoms with E-state index in [0.717, 1.165) is 35.5 Å². The van der Waals surface area contributed by atoms with E-state index in [1.807, 2.05) is 30.3 Å². The summed E-state index contributed by atoms with van der Waals surface area (Å²) in [5.41, 5.74) is 0. The van der Waals surface area contributed by atoms with Gasteiger partial charge in [0.15, 0.2) is 0 Å². The van der Waals surface area contributed by atoms with Gasteiger partial charge in [-0.3, -0.25) is 4.90 Å². The van der Waals surface area contributed by atoms with Crippen molar-refractivity contribution in [3.8, 4) is 0 Å². The van der Waals surface area contributed by atoms with E-state index < -0.39 is 0 Å². The smallest absolute Gasteiger partial charge is 0.230 e. The summed E-state index contributed by atoms with van der Waals surface area (Å²) in [6.07, 6.45) is 3.55. The molecule has 0 aliphatic heterocycles. The molecule has 0 aliphatic carbocycles. The van der Waals surface area contributed by atoms with Crippen molar-refractivity contribution < 1.29 is 0 Å². The lowest BCUT2D eigenvalue weighted by Gasteiger charge is -2.30. The zero-order chi connectivity index (χ0) is 19.2. The highest BCUT2D eigenvalue weighted by molar-refractivity contribution is 5.92. The first kappa shape index (κ1) is 19.0. The maximum Gasteiger partial charge on any atom is 0.230 e. The van der Waals surface area contributed by atoms with E-state index in [0.29, 0.717) is 18.0 Å². The number of hydrogen-bond acceptors (Lipinski definition) is 6. The first-order chi connectivity index (χ1) is 13.0. The lowest BCUT2D eigenvalue weighted by molar-refractivity contribution is 0.182. The number of rotatable bonds is 8. The van der Waals surface area contributed by atoms with Crippen molar-refractivity contribution in [2.24, 2.45) is 0 Å². The van der Waals surface area contributed by atoms with Gasteiger partial charge < -0.3 is 10.6 Å². The average Bonchev–Trinajstić information content (AvgIpc) is 2.65. The van der Waals surface area contributed by atoms with Gasteiger partial charge in [0.1, 0.15) is 11.6 Å². The van der Waals surface area contributed by atoms with Crippen LogP contribution in [0.1, 0.15) is 27.7 Å². The third-order valence-corrected chi connectivity index (χ3v) is 4.56. The molecule has 0 unspecified atom stereocenters. The van der Waals surface area contributed by atoms with Crippen LogP contribution in [0.15, 0.2) is 48.8 Å². The SMILES string of the molecule is CC(C)N(CCNc1ccnc(Nc2nccc3ccccc23)n1)C(C)C. The zero-order valence-corrected chi connectivity index (χ0v) is 16.5. The van der Waals surface area contributed by atoms with Gasteiger partial charge >= 0.3 is 0 Å². The summed E-state index contributed by atoms with van der Waals surface area (Å²) in [7, 11) is 0. The predicted molar refractivity (Wildman–Crippen MR) is 113 cm³/mol. The highest BCUT2D eigenvalue weighted by Crippen LogP contribution is 2.22. The normalized spacial score (nSPS) is 11.5. The number of hydrogen-bond donors (Lipinski definition) is 2. The molecule has 0 atom stereocenters. The molecule has 142 valence electrons. The highest BCUT2D eigenvalue weighted by Gasteiger charge is 2.12. The van der Waals surface area contributed by atoms with Crippen LogP contribution < -0.4 is 10.6 Å². The molecule has 2 aromatic heterocycles. The highest BCUT2D eigenvalue weighted by atomic mass is 15.2. The molecule has 27 heavy (non-hydrogen) atoms. The van der Waals surface area contributed by atoms with Crippen molar-refractivity contribution in [1.82, 2.24) is 19.9 Å². The van der Waals surface area contributed by atoms with Crippen LogP contribution in [0.2, 0.25) is 0 Å². The molecule has 1 aromatic carbocycles. The molecule has 3 rings (SSSR count). The number of nitrogens with one attached hydrogen (secondary N) is 2. The lowest BCUT2D eigenvalue weighted by Crippen LogP contribution is -2.40. The lowest BCUT2D eigenvalue weighted by atomic mass is 10.1. The van der Waals surface area contributed by atoms with E-state index in [1.54, 1.807) is 12.4 Å². The Morgan fingerprint density at radius 1 is 0.926 bits per heavy atom. The third kappa shape index (κ3) is 4.92. The summed E-state index contributed by atoms with van der Waals surface area (Å²) < 4.78 is 0. The summed E-state index contributed by atoms with van der Waals surface area (Å²) >= 11 is 0. The Hall–Kier alpha value is -2.73. The van der Waals surface area contributed by atoms with Crippen LogP contribution in [0, 0.1) is 0 Å². The molecule has 0 bridgehead atoms. The summed E-state index contributed by atoms with van der Waals surface area (Å²) in [5.74, 6) is 2.10. The maximum absolute atomic E-state index is 4.57. The molecular weight excluding hydrogens is 336 g/mol. The van der Waals surface area contributed by atoms with Crippen LogP contribution in [-0.2, 0) is 0 Å². The first-order valence-corrected chi connectivity index (χ1v) is 9.48. The van der Waals surface area contributed by atoms with Gasteiger partial charge in [-0.15, -0.1) is 0 Å². The molecular formula is C21H28N6.